The minimum absolute atomic E-state index is 0.185. The van der Waals surface area contributed by atoms with Gasteiger partial charge < -0.3 is 5.73 Å². The summed E-state index contributed by atoms with van der Waals surface area (Å²) in [7, 11) is -3.63. The van der Waals surface area contributed by atoms with Crippen molar-refractivity contribution in [3.05, 3.63) is 53.1 Å². The molecule has 0 aliphatic carbocycles. The first-order valence-electron chi connectivity index (χ1n) is 6.82. The summed E-state index contributed by atoms with van der Waals surface area (Å²) in [5.41, 5.74) is 9.75. The summed E-state index contributed by atoms with van der Waals surface area (Å²) >= 11 is 0. The lowest BCUT2D eigenvalue weighted by Crippen LogP contribution is -2.14. The number of hydrogen-bond acceptors (Lipinski definition) is 3. The third kappa shape index (κ3) is 3.36. The summed E-state index contributed by atoms with van der Waals surface area (Å²) in [5.74, 6) is 0. The predicted molar refractivity (Wildman–Crippen MR) is 87.0 cm³/mol. The number of rotatable bonds is 4. The number of nitrogens with two attached hydrogens (primary N) is 1. The van der Waals surface area contributed by atoms with Crippen LogP contribution in [0.1, 0.15) is 23.6 Å². The number of sulfonamides is 1. The Balaban J connectivity index is 2.38. The second-order valence-corrected chi connectivity index (χ2v) is 6.80. The molecule has 0 aliphatic heterocycles. The molecule has 0 aromatic heterocycles. The van der Waals surface area contributed by atoms with E-state index in [-0.39, 0.29) is 4.90 Å². The van der Waals surface area contributed by atoms with Crippen molar-refractivity contribution in [1.82, 2.24) is 0 Å². The summed E-state index contributed by atoms with van der Waals surface area (Å²) < 4.78 is 27.5. The molecule has 0 atom stereocenters. The molecular weight excluding hydrogens is 284 g/mol. The second-order valence-electron chi connectivity index (χ2n) is 5.11. The van der Waals surface area contributed by atoms with Gasteiger partial charge in [0.05, 0.1) is 4.90 Å². The minimum Gasteiger partial charge on any atom is -0.398 e. The Labute approximate surface area is 126 Å². The van der Waals surface area contributed by atoms with Crippen molar-refractivity contribution in [3.63, 3.8) is 0 Å². The van der Waals surface area contributed by atoms with E-state index < -0.39 is 10.0 Å². The van der Waals surface area contributed by atoms with Gasteiger partial charge in [-0.05, 0) is 61.2 Å². The molecule has 2 rings (SSSR count). The number of nitrogen functional groups attached to an aromatic ring is 1. The number of nitrogens with one attached hydrogen (secondary N) is 1. The first-order chi connectivity index (χ1) is 9.83. The molecule has 21 heavy (non-hydrogen) atoms. The topological polar surface area (TPSA) is 72.2 Å². The van der Waals surface area contributed by atoms with Crippen molar-refractivity contribution in [1.29, 1.82) is 0 Å². The minimum atomic E-state index is -3.63. The van der Waals surface area contributed by atoms with Crippen molar-refractivity contribution < 1.29 is 8.42 Å². The van der Waals surface area contributed by atoms with Gasteiger partial charge in [-0.3, -0.25) is 4.72 Å². The van der Waals surface area contributed by atoms with Gasteiger partial charge in [-0.2, -0.15) is 0 Å². The van der Waals surface area contributed by atoms with E-state index in [0.29, 0.717) is 11.4 Å². The number of benzene rings is 2. The molecular formula is C16H20N2O2S. The molecule has 0 fully saturated rings. The molecule has 3 N–H and O–H groups in total. The fourth-order valence-electron chi connectivity index (χ4n) is 2.08. The molecule has 2 aromatic carbocycles. The SMILES string of the molecule is CCc1cccc(NS(=O)(=O)c2cc(C)c(C)c(N)c2)c1. The van der Waals surface area contributed by atoms with Gasteiger partial charge in [0.1, 0.15) is 0 Å². The molecule has 112 valence electrons. The van der Waals surface area contributed by atoms with Gasteiger partial charge >= 0.3 is 0 Å². The van der Waals surface area contributed by atoms with Crippen LogP contribution in [0.5, 0.6) is 0 Å². The van der Waals surface area contributed by atoms with Crippen LogP contribution in [0.25, 0.3) is 0 Å². The molecule has 0 heterocycles. The van der Waals surface area contributed by atoms with Gasteiger partial charge in [0.25, 0.3) is 10.0 Å². The highest BCUT2D eigenvalue weighted by Gasteiger charge is 2.16. The number of hydrogen-bond donors (Lipinski definition) is 2. The smallest absolute Gasteiger partial charge is 0.261 e. The average Bonchev–Trinajstić information content (AvgIpc) is 2.44. The monoisotopic (exact) mass is 304 g/mol. The van der Waals surface area contributed by atoms with Crippen molar-refractivity contribution >= 4 is 21.4 Å². The van der Waals surface area contributed by atoms with Crippen LogP contribution < -0.4 is 10.5 Å². The largest absolute Gasteiger partial charge is 0.398 e. The predicted octanol–water partition coefficient (Wildman–Crippen LogP) is 3.25. The third-order valence-corrected chi connectivity index (χ3v) is 4.94. The first-order valence-corrected chi connectivity index (χ1v) is 8.30. The Morgan fingerprint density at radius 2 is 1.86 bits per heavy atom. The zero-order chi connectivity index (χ0) is 15.6. The first kappa shape index (κ1) is 15.4. The van der Waals surface area contributed by atoms with E-state index in [1.807, 2.05) is 39.0 Å². The lowest BCUT2D eigenvalue weighted by atomic mass is 10.1. The van der Waals surface area contributed by atoms with E-state index in [9.17, 15) is 8.42 Å². The summed E-state index contributed by atoms with van der Waals surface area (Å²) in [5, 5.41) is 0. The Kier molecular flexibility index (Phi) is 4.23. The van der Waals surface area contributed by atoms with Gasteiger partial charge in [0.15, 0.2) is 0 Å². The van der Waals surface area contributed by atoms with Crippen molar-refractivity contribution in [2.45, 2.75) is 32.1 Å². The molecule has 0 unspecified atom stereocenters. The fraction of sp³-hybridized carbons (Fsp3) is 0.250. The molecule has 0 radical (unpaired) electrons. The van der Waals surface area contributed by atoms with Crippen LogP contribution in [-0.2, 0) is 16.4 Å². The molecule has 0 saturated heterocycles. The van der Waals surface area contributed by atoms with Crippen molar-refractivity contribution in [2.24, 2.45) is 0 Å². The molecule has 4 nitrogen and oxygen atoms in total. The summed E-state index contributed by atoms with van der Waals surface area (Å²) in [6.07, 6.45) is 0.853. The van der Waals surface area contributed by atoms with Gasteiger partial charge in [-0.25, -0.2) is 8.42 Å². The summed E-state index contributed by atoms with van der Waals surface area (Å²) in [6.45, 7) is 5.75. The Bertz CT molecular complexity index is 745. The second kappa shape index (κ2) is 5.77. The maximum Gasteiger partial charge on any atom is 0.261 e. The standard InChI is InChI=1S/C16H20N2O2S/c1-4-13-6-5-7-14(9-13)18-21(19,20)15-8-11(2)12(3)16(17)10-15/h5-10,18H,4,17H2,1-3H3. The van der Waals surface area contributed by atoms with Crippen LogP contribution in [0.3, 0.4) is 0 Å². The average molecular weight is 304 g/mol. The van der Waals surface area contributed by atoms with Crippen LogP contribution in [0.15, 0.2) is 41.3 Å². The Morgan fingerprint density at radius 3 is 2.48 bits per heavy atom. The van der Waals surface area contributed by atoms with E-state index in [0.717, 1.165) is 23.1 Å². The number of aryl methyl sites for hydroxylation is 2. The fourth-order valence-corrected chi connectivity index (χ4v) is 3.25. The zero-order valence-electron chi connectivity index (χ0n) is 12.5. The molecule has 0 aliphatic rings. The summed E-state index contributed by atoms with van der Waals surface area (Å²) in [4.78, 5) is 0.185. The van der Waals surface area contributed by atoms with Gasteiger partial charge in [-0.1, -0.05) is 19.1 Å². The van der Waals surface area contributed by atoms with E-state index in [4.69, 9.17) is 5.73 Å². The van der Waals surface area contributed by atoms with E-state index in [1.54, 1.807) is 12.1 Å². The highest BCUT2D eigenvalue weighted by molar-refractivity contribution is 7.92. The van der Waals surface area contributed by atoms with Crippen molar-refractivity contribution in [2.75, 3.05) is 10.5 Å². The Hall–Kier alpha value is -2.01. The van der Waals surface area contributed by atoms with E-state index >= 15 is 0 Å². The van der Waals surface area contributed by atoms with Crippen LogP contribution >= 0.6 is 0 Å². The highest BCUT2D eigenvalue weighted by Crippen LogP contribution is 2.23. The van der Waals surface area contributed by atoms with Gasteiger partial charge in [0, 0.05) is 11.4 Å². The third-order valence-electron chi connectivity index (χ3n) is 3.58. The van der Waals surface area contributed by atoms with Crippen LogP contribution in [-0.4, -0.2) is 8.42 Å². The maximum atomic E-state index is 12.5. The molecule has 0 bridgehead atoms. The quantitative estimate of drug-likeness (QED) is 0.852. The molecule has 2 aromatic rings. The van der Waals surface area contributed by atoms with Gasteiger partial charge in [0.2, 0.25) is 0 Å². The summed E-state index contributed by atoms with van der Waals surface area (Å²) in [6, 6.07) is 10.5. The van der Waals surface area contributed by atoms with Gasteiger partial charge in [-0.15, -0.1) is 0 Å². The van der Waals surface area contributed by atoms with Crippen LogP contribution in [0.4, 0.5) is 11.4 Å². The van der Waals surface area contributed by atoms with Crippen LogP contribution in [0, 0.1) is 13.8 Å². The molecule has 0 amide bonds. The van der Waals surface area contributed by atoms with E-state index in [2.05, 4.69) is 4.72 Å². The van der Waals surface area contributed by atoms with Crippen molar-refractivity contribution in [3.8, 4) is 0 Å². The Morgan fingerprint density at radius 1 is 1.14 bits per heavy atom. The highest BCUT2D eigenvalue weighted by atomic mass is 32.2. The molecule has 0 saturated carbocycles. The zero-order valence-corrected chi connectivity index (χ0v) is 13.3. The molecule has 5 heteroatoms. The normalized spacial score (nSPS) is 11.4. The molecule has 0 spiro atoms. The lowest BCUT2D eigenvalue weighted by Gasteiger charge is -2.12. The lowest BCUT2D eigenvalue weighted by molar-refractivity contribution is 0.601. The van der Waals surface area contributed by atoms with Crippen LogP contribution in [0.2, 0.25) is 0 Å². The number of anilines is 2. The van der Waals surface area contributed by atoms with E-state index in [1.165, 1.54) is 6.07 Å². The maximum absolute atomic E-state index is 12.5.